The number of piperidine rings is 1. The van der Waals surface area contributed by atoms with Crippen molar-refractivity contribution >= 4 is 5.91 Å². The topological polar surface area (TPSA) is 23.6 Å². The van der Waals surface area contributed by atoms with Crippen LogP contribution in [0.15, 0.2) is 0 Å². The van der Waals surface area contributed by atoms with Gasteiger partial charge in [-0.2, -0.15) is 0 Å². The number of likely N-dealkylation sites (tertiary alicyclic amines) is 1. The van der Waals surface area contributed by atoms with Crippen molar-refractivity contribution in [1.82, 2.24) is 9.80 Å². The quantitative estimate of drug-likeness (QED) is 0.632. The average molecular weight is 198 g/mol. The Morgan fingerprint density at radius 1 is 1.43 bits per heavy atom. The molecule has 0 spiro atoms. The van der Waals surface area contributed by atoms with Gasteiger partial charge < -0.3 is 9.80 Å². The van der Waals surface area contributed by atoms with Crippen LogP contribution in [-0.2, 0) is 4.79 Å². The van der Waals surface area contributed by atoms with E-state index in [0.29, 0.717) is 18.0 Å². The Labute approximate surface area is 87.1 Å². The summed E-state index contributed by atoms with van der Waals surface area (Å²) in [7, 11) is 4.05. The molecule has 1 aliphatic rings. The van der Waals surface area contributed by atoms with E-state index in [9.17, 15) is 4.79 Å². The number of likely N-dealkylation sites (N-methyl/N-ethyl adjacent to an activating group) is 2. The Hall–Kier alpha value is -0.570. The van der Waals surface area contributed by atoms with Crippen LogP contribution in [0.3, 0.4) is 0 Å². The molecule has 1 amide bonds. The summed E-state index contributed by atoms with van der Waals surface area (Å²) in [6.07, 6.45) is 1.18. The first-order chi connectivity index (χ1) is 6.45. The second-order valence-electron chi connectivity index (χ2n) is 4.61. The van der Waals surface area contributed by atoms with E-state index in [1.165, 1.54) is 6.42 Å². The molecule has 3 unspecified atom stereocenters. The Kier molecular flexibility index (Phi) is 3.53. The zero-order valence-corrected chi connectivity index (χ0v) is 9.95. The highest BCUT2D eigenvalue weighted by atomic mass is 16.2. The molecule has 3 heteroatoms. The maximum absolute atomic E-state index is 11.3. The Bertz CT molecular complexity index is 217. The molecule has 1 aliphatic heterocycles. The molecule has 1 saturated heterocycles. The molecule has 1 rings (SSSR count). The molecule has 0 aromatic rings. The minimum Gasteiger partial charge on any atom is -0.341 e. The first-order valence-electron chi connectivity index (χ1n) is 5.38. The maximum atomic E-state index is 11.3. The molecule has 0 aliphatic carbocycles. The van der Waals surface area contributed by atoms with Crippen molar-refractivity contribution in [1.29, 1.82) is 0 Å². The number of amides is 1. The highest BCUT2D eigenvalue weighted by Gasteiger charge is 2.34. The van der Waals surface area contributed by atoms with Gasteiger partial charge >= 0.3 is 0 Å². The highest BCUT2D eigenvalue weighted by molar-refractivity contribution is 5.73. The van der Waals surface area contributed by atoms with E-state index >= 15 is 0 Å². The van der Waals surface area contributed by atoms with Crippen molar-refractivity contribution in [2.75, 3.05) is 20.6 Å². The zero-order chi connectivity index (χ0) is 10.9. The van der Waals surface area contributed by atoms with E-state index < -0.39 is 0 Å². The lowest BCUT2D eigenvalue weighted by Crippen LogP contribution is -2.56. The lowest BCUT2D eigenvalue weighted by molar-refractivity contribution is -0.133. The third-order valence-corrected chi connectivity index (χ3v) is 3.65. The predicted octanol–water partition coefficient (Wildman–Crippen LogP) is 1.19. The summed E-state index contributed by atoms with van der Waals surface area (Å²) >= 11 is 0. The smallest absolute Gasteiger partial charge is 0.219 e. The zero-order valence-electron chi connectivity index (χ0n) is 9.95. The van der Waals surface area contributed by atoms with E-state index in [1.54, 1.807) is 6.92 Å². The molecule has 82 valence electrons. The van der Waals surface area contributed by atoms with Gasteiger partial charge in [-0.3, -0.25) is 4.79 Å². The Balaban J connectivity index is 2.76. The fourth-order valence-electron chi connectivity index (χ4n) is 2.43. The predicted molar refractivity (Wildman–Crippen MR) is 58.1 cm³/mol. The number of carbonyl (C=O) groups excluding carboxylic acids is 1. The first-order valence-corrected chi connectivity index (χ1v) is 5.38. The van der Waals surface area contributed by atoms with Crippen LogP contribution in [0.1, 0.15) is 27.2 Å². The Morgan fingerprint density at radius 3 is 2.50 bits per heavy atom. The molecule has 0 saturated carbocycles. The van der Waals surface area contributed by atoms with Crippen LogP contribution in [0.2, 0.25) is 0 Å². The third-order valence-electron chi connectivity index (χ3n) is 3.65. The molecule has 0 bridgehead atoms. The van der Waals surface area contributed by atoms with E-state index in [0.717, 1.165) is 6.54 Å². The monoisotopic (exact) mass is 198 g/mol. The van der Waals surface area contributed by atoms with Gasteiger partial charge in [-0.25, -0.2) is 0 Å². The van der Waals surface area contributed by atoms with Gasteiger partial charge in [0.2, 0.25) is 5.91 Å². The number of rotatable bonds is 1. The van der Waals surface area contributed by atoms with Crippen molar-refractivity contribution in [3.8, 4) is 0 Å². The number of hydrogen-bond donors (Lipinski definition) is 0. The van der Waals surface area contributed by atoms with Crippen LogP contribution in [-0.4, -0.2) is 48.4 Å². The number of hydrogen-bond acceptors (Lipinski definition) is 2. The molecule has 0 N–H and O–H groups in total. The fraction of sp³-hybridized carbons (Fsp3) is 0.909. The van der Waals surface area contributed by atoms with Crippen molar-refractivity contribution < 1.29 is 4.79 Å². The molecule has 14 heavy (non-hydrogen) atoms. The molecule has 0 aromatic heterocycles. The van der Waals surface area contributed by atoms with Crippen molar-refractivity contribution in [3.63, 3.8) is 0 Å². The summed E-state index contributed by atoms with van der Waals surface area (Å²) in [5.74, 6) is 0.777. The summed E-state index contributed by atoms with van der Waals surface area (Å²) in [6.45, 7) is 7.24. The SMILES string of the molecule is CC(=O)N(C)C1C(C)CCN(C)C1C. The number of nitrogens with zero attached hydrogens (tertiary/aromatic N) is 2. The standard InChI is InChI=1S/C11H22N2O/c1-8-6-7-12(4)9(2)11(8)13(5)10(3)14/h8-9,11H,6-7H2,1-5H3. The fourth-order valence-corrected chi connectivity index (χ4v) is 2.43. The van der Waals surface area contributed by atoms with Gasteiger partial charge in [0, 0.05) is 26.1 Å². The minimum atomic E-state index is 0.170. The van der Waals surface area contributed by atoms with Gasteiger partial charge in [0.25, 0.3) is 0 Å². The summed E-state index contributed by atoms with van der Waals surface area (Å²) in [4.78, 5) is 15.6. The van der Waals surface area contributed by atoms with Crippen LogP contribution in [0.25, 0.3) is 0 Å². The molecule has 3 atom stereocenters. The van der Waals surface area contributed by atoms with Crippen molar-refractivity contribution in [2.24, 2.45) is 5.92 Å². The lowest BCUT2D eigenvalue weighted by atomic mass is 9.87. The lowest BCUT2D eigenvalue weighted by Gasteiger charge is -2.45. The molecule has 0 aromatic carbocycles. The van der Waals surface area contributed by atoms with Gasteiger partial charge in [-0.1, -0.05) is 6.92 Å². The second-order valence-corrected chi connectivity index (χ2v) is 4.61. The molecular weight excluding hydrogens is 176 g/mol. The normalized spacial score (nSPS) is 34.2. The summed E-state index contributed by atoms with van der Waals surface area (Å²) in [5, 5.41) is 0. The van der Waals surface area contributed by atoms with Crippen LogP contribution in [0, 0.1) is 5.92 Å². The largest absolute Gasteiger partial charge is 0.341 e. The molecule has 3 nitrogen and oxygen atoms in total. The van der Waals surface area contributed by atoms with Crippen molar-refractivity contribution in [3.05, 3.63) is 0 Å². The van der Waals surface area contributed by atoms with Crippen LogP contribution >= 0.6 is 0 Å². The van der Waals surface area contributed by atoms with E-state index in [-0.39, 0.29) is 5.91 Å². The van der Waals surface area contributed by atoms with E-state index in [2.05, 4.69) is 25.8 Å². The minimum absolute atomic E-state index is 0.170. The van der Waals surface area contributed by atoms with Gasteiger partial charge in [0.05, 0.1) is 0 Å². The van der Waals surface area contributed by atoms with Crippen LogP contribution in [0.4, 0.5) is 0 Å². The van der Waals surface area contributed by atoms with Gasteiger partial charge in [-0.15, -0.1) is 0 Å². The van der Waals surface area contributed by atoms with Gasteiger partial charge in [-0.05, 0) is 32.9 Å². The molecular formula is C11H22N2O. The number of carbonyl (C=O) groups is 1. The second kappa shape index (κ2) is 4.30. The summed E-state index contributed by atoms with van der Waals surface area (Å²) in [5.41, 5.74) is 0. The van der Waals surface area contributed by atoms with E-state index in [1.807, 2.05) is 11.9 Å². The summed E-state index contributed by atoms with van der Waals surface area (Å²) in [6, 6.07) is 0.832. The molecule has 0 radical (unpaired) electrons. The average Bonchev–Trinajstić information content (AvgIpc) is 2.12. The molecule has 1 heterocycles. The van der Waals surface area contributed by atoms with Crippen LogP contribution in [0.5, 0.6) is 0 Å². The maximum Gasteiger partial charge on any atom is 0.219 e. The van der Waals surface area contributed by atoms with Crippen LogP contribution < -0.4 is 0 Å². The first kappa shape index (κ1) is 11.5. The van der Waals surface area contributed by atoms with Crippen molar-refractivity contribution in [2.45, 2.75) is 39.3 Å². The van der Waals surface area contributed by atoms with E-state index in [4.69, 9.17) is 0 Å². The van der Waals surface area contributed by atoms with Gasteiger partial charge in [0.15, 0.2) is 0 Å². The van der Waals surface area contributed by atoms with Gasteiger partial charge in [0.1, 0.15) is 0 Å². The summed E-state index contributed by atoms with van der Waals surface area (Å²) < 4.78 is 0. The molecule has 1 fully saturated rings. The third kappa shape index (κ3) is 2.08. The Morgan fingerprint density at radius 2 is 2.00 bits per heavy atom. The highest BCUT2D eigenvalue weighted by Crippen LogP contribution is 2.25.